The highest BCUT2D eigenvalue weighted by molar-refractivity contribution is 6.01. The maximum Gasteiger partial charge on any atom is 0.189 e. The van der Waals surface area contributed by atoms with Crippen molar-refractivity contribution in [3.63, 3.8) is 0 Å². The van der Waals surface area contributed by atoms with E-state index in [1.807, 2.05) is 0 Å². The summed E-state index contributed by atoms with van der Waals surface area (Å²) in [6.07, 6.45) is 29.9. The van der Waals surface area contributed by atoms with E-state index >= 15 is 0 Å². The first kappa shape index (κ1) is 47.9. The number of ketones is 3. The minimum absolute atomic E-state index is 0.0184. The molecule has 0 saturated carbocycles. The molecule has 0 amide bonds. The fourth-order valence-corrected chi connectivity index (χ4v) is 6.94. The van der Waals surface area contributed by atoms with Crippen molar-refractivity contribution in [2.75, 3.05) is 0 Å². The highest BCUT2D eigenvalue weighted by atomic mass is 16.4. The van der Waals surface area contributed by atoms with E-state index < -0.39 is 35.2 Å². The van der Waals surface area contributed by atoms with Crippen LogP contribution in [0.15, 0.2) is 0 Å². The molecule has 0 spiro atoms. The van der Waals surface area contributed by atoms with Gasteiger partial charge in [-0.15, -0.1) is 0 Å². The second kappa shape index (κ2) is 34.0. The Kier molecular flexibility index (Phi) is 33.2. The summed E-state index contributed by atoms with van der Waals surface area (Å²) in [4.78, 5) is 39.6. The number of carbonyl (C=O) groups excluding carboxylic acids is 3. The van der Waals surface area contributed by atoms with Crippen molar-refractivity contribution in [3.05, 3.63) is 0 Å². The fraction of sp³-hybridized carbons (Fsp3) is 0.930. The predicted octanol–water partition coefficient (Wildman–Crippen LogP) is 11.5. The van der Waals surface area contributed by atoms with E-state index in [0.717, 1.165) is 57.8 Å². The number of rotatable bonds is 39. The van der Waals surface area contributed by atoms with E-state index in [0.29, 0.717) is 19.3 Å². The van der Waals surface area contributed by atoms with Gasteiger partial charge in [0.2, 0.25) is 0 Å². The third-order valence-corrected chi connectivity index (χ3v) is 10.5. The molecule has 0 aromatic heterocycles. The lowest BCUT2D eigenvalue weighted by molar-refractivity contribution is -0.181. The van der Waals surface area contributed by atoms with E-state index in [4.69, 9.17) is 0 Å². The molecule has 3 unspecified atom stereocenters. The average Bonchev–Trinajstić information content (AvgIpc) is 3.10. The Balaban J connectivity index is 4.88. The Hall–Kier alpha value is -1.11. The SMILES string of the molecule is CCCCCCCCCCCCCC(=O)C(O)C(O)(C(=O)CCCCCCCCCCCCC)C(O)C(=O)CCCCCCCCCCC. The van der Waals surface area contributed by atoms with E-state index in [1.54, 1.807) is 0 Å². The minimum atomic E-state index is -2.79. The van der Waals surface area contributed by atoms with Gasteiger partial charge in [-0.25, -0.2) is 0 Å². The summed E-state index contributed by atoms with van der Waals surface area (Å²) in [5, 5.41) is 33.7. The Morgan fingerprint density at radius 2 is 0.571 bits per heavy atom. The van der Waals surface area contributed by atoms with Crippen LogP contribution in [0.25, 0.3) is 0 Å². The van der Waals surface area contributed by atoms with Crippen LogP contribution in [0.1, 0.15) is 239 Å². The maximum atomic E-state index is 13.4. The quantitative estimate of drug-likeness (QED) is 0.0552. The molecule has 49 heavy (non-hydrogen) atoms. The lowest BCUT2D eigenvalue weighted by atomic mass is 9.78. The van der Waals surface area contributed by atoms with E-state index in [9.17, 15) is 29.7 Å². The largest absolute Gasteiger partial charge is 0.382 e. The van der Waals surface area contributed by atoms with Gasteiger partial charge in [0.1, 0.15) is 0 Å². The van der Waals surface area contributed by atoms with Gasteiger partial charge in [-0.2, -0.15) is 0 Å². The van der Waals surface area contributed by atoms with Crippen LogP contribution >= 0.6 is 0 Å². The monoisotopic (exact) mass is 695 g/mol. The van der Waals surface area contributed by atoms with Gasteiger partial charge in [0.15, 0.2) is 35.2 Å². The van der Waals surface area contributed by atoms with Crippen LogP contribution < -0.4 is 0 Å². The van der Waals surface area contributed by atoms with E-state index in [1.165, 1.54) is 122 Å². The second-order valence-electron chi connectivity index (χ2n) is 15.1. The molecule has 6 nitrogen and oxygen atoms in total. The number of Topliss-reactive ketones (excluding diaryl/α,β-unsaturated/α-hetero) is 3. The Morgan fingerprint density at radius 1 is 0.367 bits per heavy atom. The van der Waals surface area contributed by atoms with Crippen molar-refractivity contribution in [3.8, 4) is 0 Å². The summed E-state index contributed by atoms with van der Waals surface area (Å²) in [6.45, 7) is 6.65. The van der Waals surface area contributed by atoms with Gasteiger partial charge >= 0.3 is 0 Å². The zero-order valence-corrected chi connectivity index (χ0v) is 32.8. The Morgan fingerprint density at radius 3 is 0.816 bits per heavy atom. The normalized spacial score (nSPS) is 14.1. The Bertz CT molecular complexity index is 782. The molecule has 290 valence electrons. The van der Waals surface area contributed by atoms with Crippen molar-refractivity contribution in [1.29, 1.82) is 0 Å². The van der Waals surface area contributed by atoms with Crippen LogP contribution in [-0.4, -0.2) is 50.5 Å². The van der Waals surface area contributed by atoms with Crippen molar-refractivity contribution in [1.82, 2.24) is 0 Å². The number of hydrogen-bond donors (Lipinski definition) is 3. The summed E-state index contributed by atoms with van der Waals surface area (Å²) in [7, 11) is 0. The third-order valence-electron chi connectivity index (χ3n) is 10.5. The van der Waals surface area contributed by atoms with Gasteiger partial charge in [-0.1, -0.05) is 201 Å². The third kappa shape index (κ3) is 24.7. The Labute approximate surface area is 303 Å². The van der Waals surface area contributed by atoms with Crippen molar-refractivity contribution >= 4 is 17.3 Å². The van der Waals surface area contributed by atoms with Crippen LogP contribution in [0.2, 0.25) is 0 Å². The minimum Gasteiger partial charge on any atom is -0.382 e. The van der Waals surface area contributed by atoms with Gasteiger partial charge in [0, 0.05) is 19.3 Å². The molecule has 0 aromatic carbocycles. The van der Waals surface area contributed by atoms with Gasteiger partial charge < -0.3 is 15.3 Å². The topological polar surface area (TPSA) is 112 Å². The summed E-state index contributed by atoms with van der Waals surface area (Å²) >= 11 is 0. The maximum absolute atomic E-state index is 13.4. The number of aliphatic hydroxyl groups excluding tert-OH is 2. The van der Waals surface area contributed by atoms with E-state index in [-0.39, 0.29) is 19.3 Å². The highest BCUT2D eigenvalue weighted by Crippen LogP contribution is 2.26. The zero-order chi connectivity index (χ0) is 36.4. The molecule has 3 atom stereocenters. The summed E-state index contributed by atoms with van der Waals surface area (Å²) in [6, 6.07) is 0. The molecular weight excluding hydrogens is 612 g/mol. The van der Waals surface area contributed by atoms with Crippen LogP contribution in [0.3, 0.4) is 0 Å². The molecule has 0 fully saturated rings. The molecule has 0 aliphatic carbocycles. The number of unbranched alkanes of at least 4 members (excludes halogenated alkanes) is 28. The van der Waals surface area contributed by atoms with Crippen LogP contribution in [0.4, 0.5) is 0 Å². The fourth-order valence-electron chi connectivity index (χ4n) is 6.94. The number of hydrogen-bond acceptors (Lipinski definition) is 6. The predicted molar refractivity (Wildman–Crippen MR) is 206 cm³/mol. The zero-order valence-electron chi connectivity index (χ0n) is 32.8. The molecule has 0 saturated heterocycles. The van der Waals surface area contributed by atoms with Gasteiger partial charge in [-0.05, 0) is 19.3 Å². The van der Waals surface area contributed by atoms with Crippen LogP contribution in [0.5, 0.6) is 0 Å². The molecule has 3 N–H and O–H groups in total. The summed E-state index contributed by atoms with van der Waals surface area (Å²) in [5.41, 5.74) is -2.79. The van der Waals surface area contributed by atoms with Gasteiger partial charge in [0.25, 0.3) is 0 Å². The molecule has 0 aliphatic heterocycles. The van der Waals surface area contributed by atoms with E-state index in [2.05, 4.69) is 20.8 Å². The second-order valence-corrected chi connectivity index (χ2v) is 15.1. The van der Waals surface area contributed by atoms with Crippen molar-refractivity contribution in [2.24, 2.45) is 0 Å². The lowest BCUT2D eigenvalue weighted by Gasteiger charge is -2.34. The summed E-state index contributed by atoms with van der Waals surface area (Å²) in [5.74, 6) is -2.13. The van der Waals surface area contributed by atoms with Crippen molar-refractivity contribution in [2.45, 2.75) is 257 Å². The molecular formula is C43H82O6. The molecule has 0 bridgehead atoms. The molecule has 6 heteroatoms. The van der Waals surface area contributed by atoms with Crippen molar-refractivity contribution < 1.29 is 29.7 Å². The first-order chi connectivity index (χ1) is 23.8. The van der Waals surface area contributed by atoms with Gasteiger partial charge in [-0.3, -0.25) is 14.4 Å². The first-order valence-electron chi connectivity index (χ1n) is 21.4. The molecule has 0 heterocycles. The van der Waals surface area contributed by atoms with Crippen LogP contribution in [-0.2, 0) is 14.4 Å². The van der Waals surface area contributed by atoms with Gasteiger partial charge in [0.05, 0.1) is 0 Å². The first-order valence-corrected chi connectivity index (χ1v) is 21.4. The number of carbonyl (C=O) groups is 3. The molecule has 0 aromatic rings. The number of aliphatic hydroxyl groups is 3. The summed E-state index contributed by atoms with van der Waals surface area (Å²) < 4.78 is 0. The molecule has 0 rings (SSSR count). The molecule has 0 aliphatic rings. The molecule has 0 radical (unpaired) electrons. The average molecular weight is 695 g/mol. The van der Waals surface area contributed by atoms with Crippen LogP contribution in [0, 0.1) is 0 Å². The lowest BCUT2D eigenvalue weighted by Crippen LogP contribution is -2.63. The smallest absolute Gasteiger partial charge is 0.189 e. The standard InChI is InChI=1S/C43H82O6/c1-4-7-10-13-16-19-21-24-27-30-33-36-39(45)42(48)43(49,40(46)37-34-31-28-25-22-20-17-14-11-8-5-2)41(47)38(44)35-32-29-26-23-18-15-12-9-6-3/h41-42,47-49H,4-37H2,1-3H3. The highest BCUT2D eigenvalue weighted by Gasteiger charge is 2.53.